The molecule has 4 saturated carbocycles. The first-order valence-electron chi connectivity index (χ1n) is 5.52. The zero-order valence-corrected chi connectivity index (χ0v) is 9.26. The Labute approximate surface area is 93.1 Å². The van der Waals surface area contributed by atoms with Gasteiger partial charge in [0.25, 0.3) is 0 Å². The third kappa shape index (κ3) is 0.666. The smallest absolute Gasteiger partial charge is 0.140 e. The number of carbonyl (C=O) groups is 1. The first kappa shape index (κ1) is 8.41. The van der Waals surface area contributed by atoms with Crippen molar-refractivity contribution in [2.75, 3.05) is 0 Å². The summed E-state index contributed by atoms with van der Waals surface area (Å²) in [6, 6.07) is 0. The second-order valence-electron chi connectivity index (χ2n) is 5.57. The Morgan fingerprint density at radius 2 is 1.93 bits per heavy atom. The van der Waals surface area contributed by atoms with E-state index in [1.165, 1.54) is 6.42 Å². The molecule has 0 heterocycles. The molecule has 0 spiro atoms. The molecule has 0 radical (unpaired) electrons. The average molecular weight is 231 g/mol. The standard InChI is InChI=1S/C11H12Cl2O/c12-11(13)7-3-5-1-4-2-6(7)10(14)8(4)9(5)11/h4-9H,1-3H2. The lowest BCUT2D eigenvalue weighted by Crippen LogP contribution is -2.43. The summed E-state index contributed by atoms with van der Waals surface area (Å²) in [5.41, 5.74) is 0. The highest BCUT2D eigenvalue weighted by Gasteiger charge is 2.72. The second-order valence-corrected chi connectivity index (χ2v) is 7.01. The monoisotopic (exact) mass is 230 g/mol. The normalized spacial score (nSPS) is 61.4. The van der Waals surface area contributed by atoms with Gasteiger partial charge in [0.2, 0.25) is 0 Å². The van der Waals surface area contributed by atoms with Gasteiger partial charge in [-0.2, -0.15) is 0 Å². The van der Waals surface area contributed by atoms with Crippen LogP contribution in [0, 0.1) is 35.5 Å². The molecule has 14 heavy (non-hydrogen) atoms. The largest absolute Gasteiger partial charge is 0.299 e. The molecule has 0 saturated heterocycles. The lowest BCUT2D eigenvalue weighted by molar-refractivity contribution is -0.128. The van der Waals surface area contributed by atoms with Crippen LogP contribution in [0.4, 0.5) is 0 Å². The van der Waals surface area contributed by atoms with Gasteiger partial charge in [-0.05, 0) is 31.1 Å². The first-order chi connectivity index (χ1) is 6.60. The van der Waals surface area contributed by atoms with E-state index in [1.54, 1.807) is 0 Å². The molecule has 0 aromatic rings. The van der Waals surface area contributed by atoms with Gasteiger partial charge in [0, 0.05) is 23.7 Å². The summed E-state index contributed by atoms with van der Waals surface area (Å²) in [5, 5.41) is 0. The SMILES string of the molecule is O=C1C2CC3CC4CC2C(Cl)(Cl)C4C13. The average Bonchev–Trinajstić information content (AvgIpc) is 2.47. The third-order valence-corrected chi connectivity index (χ3v) is 6.30. The number of ketones is 1. The van der Waals surface area contributed by atoms with Gasteiger partial charge in [-0.1, -0.05) is 0 Å². The van der Waals surface area contributed by atoms with E-state index >= 15 is 0 Å². The van der Waals surface area contributed by atoms with Gasteiger partial charge in [-0.3, -0.25) is 4.79 Å². The van der Waals surface area contributed by atoms with E-state index in [0.29, 0.717) is 23.5 Å². The predicted molar refractivity (Wildman–Crippen MR) is 54.2 cm³/mol. The molecule has 4 bridgehead atoms. The van der Waals surface area contributed by atoms with Gasteiger partial charge in [-0.25, -0.2) is 0 Å². The lowest BCUT2D eigenvalue weighted by atomic mass is 9.78. The summed E-state index contributed by atoms with van der Waals surface area (Å²) in [6.45, 7) is 0. The van der Waals surface area contributed by atoms with Crippen LogP contribution in [0.5, 0.6) is 0 Å². The van der Waals surface area contributed by atoms with E-state index in [-0.39, 0.29) is 17.8 Å². The zero-order chi connectivity index (χ0) is 9.66. The fourth-order valence-electron chi connectivity index (χ4n) is 4.93. The highest BCUT2D eigenvalue weighted by molar-refractivity contribution is 6.49. The number of hydrogen-bond acceptors (Lipinski definition) is 1. The zero-order valence-electron chi connectivity index (χ0n) is 7.75. The summed E-state index contributed by atoms with van der Waals surface area (Å²) in [7, 11) is 0. The highest BCUT2D eigenvalue weighted by Crippen LogP contribution is 2.72. The summed E-state index contributed by atoms with van der Waals surface area (Å²) < 4.78 is -0.570. The molecule has 0 amide bonds. The number of Topliss-reactive ketones (excluding diaryl/α,β-unsaturated/α-hetero) is 1. The van der Waals surface area contributed by atoms with Crippen molar-refractivity contribution in [3.05, 3.63) is 0 Å². The van der Waals surface area contributed by atoms with Crippen LogP contribution >= 0.6 is 23.2 Å². The lowest BCUT2D eigenvalue weighted by Gasteiger charge is -2.37. The molecule has 4 fully saturated rings. The van der Waals surface area contributed by atoms with Crippen LogP contribution in [-0.4, -0.2) is 10.1 Å². The number of fused-ring (bicyclic) bond motifs is 3. The maximum atomic E-state index is 12.1. The quantitative estimate of drug-likeness (QED) is 0.586. The highest BCUT2D eigenvalue weighted by atomic mass is 35.5. The van der Waals surface area contributed by atoms with E-state index in [0.717, 1.165) is 12.8 Å². The Morgan fingerprint density at radius 3 is 2.71 bits per heavy atom. The molecule has 0 aromatic heterocycles. The molecule has 6 unspecified atom stereocenters. The maximum absolute atomic E-state index is 12.1. The minimum atomic E-state index is -0.570. The molecule has 3 heteroatoms. The van der Waals surface area contributed by atoms with Gasteiger partial charge in [0.05, 0.1) is 0 Å². The molecule has 4 rings (SSSR count). The first-order valence-corrected chi connectivity index (χ1v) is 6.28. The molecular formula is C11H12Cl2O. The number of hydrogen-bond donors (Lipinski definition) is 0. The van der Waals surface area contributed by atoms with Crippen LogP contribution in [0.3, 0.4) is 0 Å². The Morgan fingerprint density at radius 1 is 1.14 bits per heavy atom. The second kappa shape index (κ2) is 2.17. The molecule has 76 valence electrons. The van der Waals surface area contributed by atoms with E-state index in [9.17, 15) is 4.79 Å². The molecule has 1 nitrogen and oxygen atoms in total. The Kier molecular flexibility index (Phi) is 1.30. The van der Waals surface area contributed by atoms with Crippen molar-refractivity contribution in [3.63, 3.8) is 0 Å². The molecule has 0 aromatic carbocycles. The number of carbonyl (C=O) groups excluding carboxylic acids is 1. The van der Waals surface area contributed by atoms with Crippen molar-refractivity contribution in [1.82, 2.24) is 0 Å². The van der Waals surface area contributed by atoms with Crippen molar-refractivity contribution in [3.8, 4) is 0 Å². The summed E-state index contributed by atoms with van der Waals surface area (Å²) in [6.07, 6.45) is 3.42. The minimum Gasteiger partial charge on any atom is -0.299 e. The van der Waals surface area contributed by atoms with Gasteiger partial charge in [0.1, 0.15) is 10.1 Å². The van der Waals surface area contributed by atoms with Crippen LogP contribution in [0.15, 0.2) is 0 Å². The van der Waals surface area contributed by atoms with Crippen LogP contribution in [0.1, 0.15) is 19.3 Å². The Balaban J connectivity index is 1.97. The van der Waals surface area contributed by atoms with Crippen molar-refractivity contribution >= 4 is 29.0 Å². The summed E-state index contributed by atoms with van der Waals surface area (Å²) in [5.74, 6) is 2.81. The third-order valence-electron chi connectivity index (χ3n) is 5.24. The van der Waals surface area contributed by atoms with Crippen LogP contribution < -0.4 is 0 Å². The topological polar surface area (TPSA) is 17.1 Å². The van der Waals surface area contributed by atoms with Crippen molar-refractivity contribution in [2.24, 2.45) is 35.5 Å². The molecule has 4 aliphatic rings. The minimum absolute atomic E-state index is 0.212. The van der Waals surface area contributed by atoms with Crippen LogP contribution in [-0.2, 0) is 4.79 Å². The predicted octanol–water partition coefficient (Wildman–Crippen LogP) is 2.65. The van der Waals surface area contributed by atoms with Gasteiger partial charge < -0.3 is 0 Å². The van der Waals surface area contributed by atoms with Gasteiger partial charge in [0.15, 0.2) is 0 Å². The Hall–Kier alpha value is 0.250. The van der Waals surface area contributed by atoms with Crippen LogP contribution in [0.25, 0.3) is 0 Å². The van der Waals surface area contributed by atoms with Crippen molar-refractivity contribution in [2.45, 2.75) is 23.6 Å². The maximum Gasteiger partial charge on any atom is 0.140 e. The van der Waals surface area contributed by atoms with Crippen molar-refractivity contribution < 1.29 is 4.79 Å². The fourth-order valence-corrected chi connectivity index (χ4v) is 6.04. The molecule has 4 aliphatic carbocycles. The Bertz CT molecular complexity index is 338. The summed E-state index contributed by atoms with van der Waals surface area (Å²) in [4.78, 5) is 12.1. The van der Waals surface area contributed by atoms with Gasteiger partial charge >= 0.3 is 0 Å². The van der Waals surface area contributed by atoms with E-state index in [2.05, 4.69) is 0 Å². The van der Waals surface area contributed by atoms with E-state index in [1.807, 2.05) is 0 Å². The van der Waals surface area contributed by atoms with Crippen molar-refractivity contribution in [1.29, 1.82) is 0 Å². The molecular weight excluding hydrogens is 219 g/mol. The van der Waals surface area contributed by atoms with E-state index < -0.39 is 4.33 Å². The van der Waals surface area contributed by atoms with Crippen LogP contribution in [0.2, 0.25) is 0 Å². The molecule has 0 aliphatic heterocycles. The fraction of sp³-hybridized carbons (Fsp3) is 0.909. The summed E-state index contributed by atoms with van der Waals surface area (Å²) >= 11 is 12.9. The number of halogens is 2. The molecule has 0 N–H and O–H groups in total. The van der Waals surface area contributed by atoms with Gasteiger partial charge in [-0.15, -0.1) is 23.2 Å². The number of rotatable bonds is 0. The molecule has 6 atom stereocenters. The van der Waals surface area contributed by atoms with E-state index in [4.69, 9.17) is 23.2 Å². The number of alkyl halides is 2.